The van der Waals surface area contributed by atoms with Crippen LogP contribution in [0.2, 0.25) is 0 Å². The molecule has 180 valence electrons. The van der Waals surface area contributed by atoms with Crippen LogP contribution in [0.5, 0.6) is 0 Å². The maximum absolute atomic E-state index is 13.2. The molecule has 1 aromatic carbocycles. The molecular weight excluding hydrogens is 435 g/mol. The highest BCUT2D eigenvalue weighted by molar-refractivity contribution is 6.03. The fraction of sp³-hybridized carbons (Fsp3) is 0.417. The van der Waals surface area contributed by atoms with E-state index in [9.17, 15) is 9.18 Å². The van der Waals surface area contributed by atoms with Gasteiger partial charge in [0.25, 0.3) is 0 Å². The minimum Gasteiger partial charge on any atom is -0.371 e. The number of rotatable bonds is 7. The summed E-state index contributed by atoms with van der Waals surface area (Å²) in [6.45, 7) is 6.03. The van der Waals surface area contributed by atoms with Gasteiger partial charge < -0.3 is 26.3 Å². The van der Waals surface area contributed by atoms with E-state index in [1.807, 2.05) is 37.9 Å². The van der Waals surface area contributed by atoms with E-state index in [2.05, 4.69) is 36.7 Å². The number of hydrazone groups is 1. The number of likely N-dealkylation sites (N-methyl/N-ethyl adjacent to an activating group) is 1. The van der Waals surface area contributed by atoms with Gasteiger partial charge in [0.2, 0.25) is 11.9 Å². The monoisotopic (exact) mass is 466 g/mol. The van der Waals surface area contributed by atoms with E-state index in [1.165, 1.54) is 12.1 Å². The second-order valence-corrected chi connectivity index (χ2v) is 8.83. The molecule has 4 N–H and O–H groups in total. The summed E-state index contributed by atoms with van der Waals surface area (Å²) in [4.78, 5) is 25.4. The molecule has 10 heteroatoms. The summed E-state index contributed by atoms with van der Waals surface area (Å²) in [7, 11) is 1.85. The number of nitrogens with two attached hydrogens (primary N) is 1. The first-order valence-electron chi connectivity index (χ1n) is 11.4. The molecule has 1 amide bonds. The molecule has 1 saturated heterocycles. The highest BCUT2D eigenvalue weighted by Crippen LogP contribution is 2.32. The number of fused-ring (bicyclic) bond motifs is 1. The lowest BCUT2D eigenvalue weighted by Gasteiger charge is -2.32. The average molecular weight is 467 g/mol. The zero-order chi connectivity index (χ0) is 24.2. The van der Waals surface area contributed by atoms with Crippen molar-refractivity contribution in [3.05, 3.63) is 47.4 Å². The van der Waals surface area contributed by atoms with E-state index in [-0.39, 0.29) is 17.8 Å². The molecular formula is C24H31FN8O. The highest BCUT2D eigenvalue weighted by atomic mass is 19.1. The zero-order valence-corrected chi connectivity index (χ0v) is 19.8. The normalized spacial score (nSPS) is 20.6. The van der Waals surface area contributed by atoms with Crippen molar-refractivity contribution in [1.82, 2.24) is 9.97 Å². The zero-order valence-electron chi connectivity index (χ0n) is 19.8. The Morgan fingerprint density at radius 1 is 1.35 bits per heavy atom. The van der Waals surface area contributed by atoms with Gasteiger partial charge in [-0.15, -0.1) is 0 Å². The topological polar surface area (TPSA) is 112 Å². The van der Waals surface area contributed by atoms with Crippen LogP contribution in [0.4, 0.5) is 27.5 Å². The molecule has 1 aromatic heterocycles. The van der Waals surface area contributed by atoms with Gasteiger partial charge in [0.15, 0.2) is 5.82 Å². The van der Waals surface area contributed by atoms with Crippen molar-refractivity contribution in [1.29, 1.82) is 0 Å². The van der Waals surface area contributed by atoms with E-state index in [4.69, 9.17) is 5.84 Å². The molecule has 0 bridgehead atoms. The molecule has 1 fully saturated rings. The number of benzene rings is 1. The molecule has 2 aromatic rings. The largest absolute Gasteiger partial charge is 0.371 e. The van der Waals surface area contributed by atoms with Crippen molar-refractivity contribution in [3.8, 4) is 0 Å². The Morgan fingerprint density at radius 3 is 2.85 bits per heavy atom. The van der Waals surface area contributed by atoms with Crippen molar-refractivity contribution in [3.63, 3.8) is 0 Å². The van der Waals surface area contributed by atoms with Crippen LogP contribution in [0.1, 0.15) is 25.5 Å². The highest BCUT2D eigenvalue weighted by Gasteiger charge is 2.30. The fourth-order valence-corrected chi connectivity index (χ4v) is 4.30. The average Bonchev–Trinajstić information content (AvgIpc) is 3.30. The van der Waals surface area contributed by atoms with E-state index in [1.54, 1.807) is 6.21 Å². The predicted octanol–water partition coefficient (Wildman–Crippen LogP) is 2.90. The molecule has 9 nitrogen and oxygen atoms in total. The number of nitrogens with zero attached hydrogens (tertiary/aromatic N) is 5. The van der Waals surface area contributed by atoms with Gasteiger partial charge in [-0.2, -0.15) is 10.1 Å². The number of halogens is 1. The van der Waals surface area contributed by atoms with Crippen LogP contribution in [0, 0.1) is 18.7 Å². The summed E-state index contributed by atoms with van der Waals surface area (Å²) in [5.74, 6) is 6.81. The lowest BCUT2D eigenvalue weighted by Crippen LogP contribution is -2.44. The molecule has 0 saturated carbocycles. The van der Waals surface area contributed by atoms with Crippen molar-refractivity contribution in [2.24, 2.45) is 16.9 Å². The van der Waals surface area contributed by atoms with Gasteiger partial charge in [0, 0.05) is 32.4 Å². The molecule has 0 aliphatic carbocycles. The number of nitrogens with one attached hydrogen (secondary N) is 2. The number of carbonyl (C=O) groups excluding carboxylic acids is 1. The standard InChI is InChI=1S/C24H31FN8O/c1-15-21-22(32(3)16(2)23(34)30-21)31-24(29-15)27-12-18(13-28-26)5-4-17-10-11-33(14-17)20-8-6-19(25)7-9-20/h5-9,13,16-17H,4,10-12,14,26H2,1-3H3,(H,30,34)(H,27,29,31)/b18-5-,28-13-/t16-,17-/m0/s1. The van der Waals surface area contributed by atoms with Gasteiger partial charge in [-0.05, 0) is 62.4 Å². The molecule has 2 aliphatic rings. The van der Waals surface area contributed by atoms with Gasteiger partial charge in [-0.1, -0.05) is 6.08 Å². The van der Waals surface area contributed by atoms with E-state index in [0.29, 0.717) is 35.6 Å². The number of aryl methyl sites for hydroxylation is 1. The number of hydrogen-bond acceptors (Lipinski definition) is 8. The number of hydrogen-bond donors (Lipinski definition) is 3. The van der Waals surface area contributed by atoms with Crippen LogP contribution in [-0.4, -0.2) is 54.8 Å². The molecule has 4 rings (SSSR count). The molecule has 3 heterocycles. The number of anilines is 4. The Hall–Kier alpha value is -3.69. The molecule has 0 spiro atoms. The maximum atomic E-state index is 13.2. The summed E-state index contributed by atoms with van der Waals surface area (Å²) in [6, 6.07) is 6.35. The van der Waals surface area contributed by atoms with Crippen LogP contribution in [0.25, 0.3) is 0 Å². The third kappa shape index (κ3) is 5.11. The Labute approximate surface area is 198 Å². The van der Waals surface area contributed by atoms with Crippen molar-refractivity contribution in [2.45, 2.75) is 32.7 Å². The van der Waals surface area contributed by atoms with Crippen molar-refractivity contribution in [2.75, 3.05) is 47.1 Å². The van der Waals surface area contributed by atoms with Crippen LogP contribution < -0.4 is 26.3 Å². The van der Waals surface area contributed by atoms with Gasteiger partial charge in [-0.3, -0.25) is 4.79 Å². The number of amides is 1. The third-order valence-corrected chi connectivity index (χ3v) is 6.50. The van der Waals surface area contributed by atoms with Crippen molar-refractivity contribution < 1.29 is 9.18 Å². The Balaban J connectivity index is 1.39. The summed E-state index contributed by atoms with van der Waals surface area (Å²) in [5, 5.41) is 9.85. The van der Waals surface area contributed by atoms with E-state index >= 15 is 0 Å². The van der Waals surface area contributed by atoms with Gasteiger partial charge in [-0.25, -0.2) is 9.37 Å². The fourth-order valence-electron chi connectivity index (χ4n) is 4.30. The smallest absolute Gasteiger partial charge is 0.246 e. The van der Waals surface area contributed by atoms with E-state index in [0.717, 1.165) is 37.2 Å². The molecule has 0 unspecified atom stereocenters. The van der Waals surface area contributed by atoms with Crippen molar-refractivity contribution >= 4 is 35.3 Å². The third-order valence-electron chi connectivity index (χ3n) is 6.50. The molecule has 2 atom stereocenters. The van der Waals surface area contributed by atoms with Crippen LogP contribution >= 0.6 is 0 Å². The van der Waals surface area contributed by atoms with Gasteiger partial charge in [0.1, 0.15) is 17.5 Å². The SMILES string of the molecule is Cc1nc(NCC(/C=N\N)=C/C[C@H]2CCN(c3ccc(F)cc3)C2)nc2c1NC(=O)[C@H](C)N2C. The Kier molecular flexibility index (Phi) is 6.95. The predicted molar refractivity (Wildman–Crippen MR) is 134 cm³/mol. The summed E-state index contributed by atoms with van der Waals surface area (Å²) in [5.41, 5.74) is 3.33. The van der Waals surface area contributed by atoms with E-state index < -0.39 is 0 Å². The second-order valence-electron chi connectivity index (χ2n) is 8.83. The molecule has 0 radical (unpaired) electrons. The lowest BCUT2D eigenvalue weighted by atomic mass is 10.0. The second kappa shape index (κ2) is 10.1. The summed E-state index contributed by atoms with van der Waals surface area (Å²) < 4.78 is 13.2. The quantitative estimate of drug-likeness (QED) is 0.327. The number of carbonyl (C=O) groups is 1. The minimum atomic E-state index is -0.310. The summed E-state index contributed by atoms with van der Waals surface area (Å²) in [6.07, 6.45) is 5.73. The summed E-state index contributed by atoms with van der Waals surface area (Å²) >= 11 is 0. The van der Waals surface area contributed by atoms with Gasteiger partial charge >= 0.3 is 0 Å². The Morgan fingerprint density at radius 2 is 2.12 bits per heavy atom. The van der Waals surface area contributed by atoms with Gasteiger partial charge in [0.05, 0.1) is 11.9 Å². The molecule has 2 aliphatic heterocycles. The van der Waals surface area contributed by atoms with Crippen LogP contribution in [0.3, 0.4) is 0 Å². The minimum absolute atomic E-state index is 0.0725. The van der Waals surface area contributed by atoms with Crippen LogP contribution in [-0.2, 0) is 4.79 Å². The number of aromatic nitrogens is 2. The number of allylic oxidation sites excluding steroid dienone is 1. The van der Waals surface area contributed by atoms with Crippen LogP contribution in [0.15, 0.2) is 41.0 Å². The Bertz CT molecular complexity index is 1100. The molecule has 34 heavy (non-hydrogen) atoms. The first-order valence-corrected chi connectivity index (χ1v) is 11.4. The lowest BCUT2D eigenvalue weighted by molar-refractivity contribution is -0.117. The first kappa shape index (κ1) is 23.5. The maximum Gasteiger partial charge on any atom is 0.246 e. The first-order chi connectivity index (χ1) is 16.4.